The number of tetrazole rings is 1. The van der Waals surface area contributed by atoms with E-state index < -0.39 is 0 Å². The molecule has 3 rings (SSSR count). The van der Waals surface area contributed by atoms with Gasteiger partial charge in [0.1, 0.15) is 6.61 Å². The van der Waals surface area contributed by atoms with Gasteiger partial charge in [-0.1, -0.05) is 24.3 Å². The Balaban J connectivity index is 1.62. The van der Waals surface area contributed by atoms with Gasteiger partial charge in [-0.15, -0.1) is 5.10 Å². The van der Waals surface area contributed by atoms with Crippen LogP contribution < -0.4 is 14.8 Å². The molecule has 1 aromatic heterocycles. The van der Waals surface area contributed by atoms with Crippen molar-refractivity contribution in [1.29, 1.82) is 0 Å². The van der Waals surface area contributed by atoms with Gasteiger partial charge in [0.05, 0.1) is 24.9 Å². The van der Waals surface area contributed by atoms with Crippen LogP contribution in [-0.4, -0.2) is 46.4 Å². The molecule has 1 N–H and O–H groups in total. The molecule has 26 heavy (non-hydrogen) atoms. The van der Waals surface area contributed by atoms with Crippen molar-refractivity contribution in [3.63, 3.8) is 0 Å². The Morgan fingerprint density at radius 1 is 1.12 bits per heavy atom. The summed E-state index contributed by atoms with van der Waals surface area (Å²) < 4.78 is 12.4. The first-order valence-corrected chi connectivity index (χ1v) is 8.09. The van der Waals surface area contributed by atoms with Crippen LogP contribution in [0.15, 0.2) is 48.5 Å². The van der Waals surface area contributed by atoms with Crippen molar-refractivity contribution in [2.75, 3.05) is 20.3 Å². The Bertz CT molecular complexity index is 894. The summed E-state index contributed by atoms with van der Waals surface area (Å²) in [6.45, 7) is 2.44. The number of aryl methyl sites for hydroxylation is 1. The number of para-hydroxylation sites is 3. The summed E-state index contributed by atoms with van der Waals surface area (Å²) in [5.74, 6) is 1.66. The maximum absolute atomic E-state index is 12.5. The number of hydrogen-bond acceptors (Lipinski definition) is 6. The second-order valence-electron chi connectivity index (χ2n) is 5.41. The van der Waals surface area contributed by atoms with Crippen molar-refractivity contribution in [1.82, 2.24) is 25.5 Å². The summed E-state index contributed by atoms with van der Waals surface area (Å²) in [5, 5.41) is 14.2. The van der Waals surface area contributed by atoms with Gasteiger partial charge in [0.2, 0.25) is 0 Å². The van der Waals surface area contributed by atoms with E-state index in [1.165, 1.54) is 4.68 Å². The highest BCUT2D eigenvalue weighted by atomic mass is 16.5. The number of carbonyl (C=O) groups excluding carboxylic acids is 1. The predicted molar refractivity (Wildman–Crippen MR) is 94.7 cm³/mol. The van der Waals surface area contributed by atoms with Gasteiger partial charge < -0.3 is 14.8 Å². The molecule has 0 aliphatic carbocycles. The zero-order valence-electron chi connectivity index (χ0n) is 14.5. The smallest absolute Gasteiger partial charge is 0.253 e. The van der Waals surface area contributed by atoms with Crippen LogP contribution >= 0.6 is 0 Å². The predicted octanol–water partition coefficient (Wildman–Crippen LogP) is 1.79. The van der Waals surface area contributed by atoms with Crippen LogP contribution in [-0.2, 0) is 0 Å². The van der Waals surface area contributed by atoms with Crippen molar-refractivity contribution in [3.8, 4) is 17.2 Å². The molecule has 2 aromatic carbocycles. The highest BCUT2D eigenvalue weighted by Gasteiger charge is 2.14. The summed E-state index contributed by atoms with van der Waals surface area (Å²) in [6, 6.07) is 14.5. The fraction of sp³-hybridized carbons (Fsp3) is 0.222. The molecule has 0 unspecified atom stereocenters. The molecule has 1 heterocycles. The third-order valence-corrected chi connectivity index (χ3v) is 3.72. The standard InChI is InChI=1S/C18H19N5O3/c1-13-20-21-22-23(13)15-8-4-3-7-14(15)18(24)19-11-12-26-17-10-6-5-9-16(17)25-2/h3-10H,11-12H2,1-2H3,(H,19,24). The van der Waals surface area contributed by atoms with Crippen molar-refractivity contribution < 1.29 is 14.3 Å². The van der Waals surface area contributed by atoms with Crippen LogP contribution in [0, 0.1) is 6.92 Å². The van der Waals surface area contributed by atoms with E-state index in [-0.39, 0.29) is 5.91 Å². The number of benzene rings is 2. The van der Waals surface area contributed by atoms with E-state index in [1.807, 2.05) is 30.3 Å². The number of ether oxygens (including phenoxy) is 2. The lowest BCUT2D eigenvalue weighted by atomic mass is 10.1. The van der Waals surface area contributed by atoms with Crippen LogP contribution in [0.1, 0.15) is 16.2 Å². The highest BCUT2D eigenvalue weighted by Crippen LogP contribution is 2.25. The molecule has 8 nitrogen and oxygen atoms in total. The van der Waals surface area contributed by atoms with Gasteiger partial charge in [-0.2, -0.15) is 4.68 Å². The average Bonchev–Trinajstić information content (AvgIpc) is 3.11. The molecular formula is C18H19N5O3. The van der Waals surface area contributed by atoms with Gasteiger partial charge in [-0.3, -0.25) is 4.79 Å². The Kier molecular flexibility index (Phi) is 5.43. The quantitative estimate of drug-likeness (QED) is 0.651. The Hall–Kier alpha value is -3.42. The number of aromatic nitrogens is 4. The van der Waals surface area contributed by atoms with Crippen molar-refractivity contribution >= 4 is 5.91 Å². The third-order valence-electron chi connectivity index (χ3n) is 3.72. The molecule has 0 fully saturated rings. The SMILES string of the molecule is COc1ccccc1OCCNC(=O)c1ccccc1-n1nnnc1C. The lowest BCUT2D eigenvalue weighted by Gasteiger charge is -2.12. The van der Waals surface area contributed by atoms with Crippen LogP contribution in [0.2, 0.25) is 0 Å². The summed E-state index contributed by atoms with van der Waals surface area (Å²) in [7, 11) is 1.59. The molecular weight excluding hydrogens is 334 g/mol. The summed E-state index contributed by atoms with van der Waals surface area (Å²) in [5.41, 5.74) is 1.11. The van der Waals surface area contributed by atoms with Gasteiger partial charge in [0, 0.05) is 0 Å². The topological polar surface area (TPSA) is 91.2 Å². The number of methoxy groups -OCH3 is 1. The van der Waals surface area contributed by atoms with Crippen LogP contribution in [0.25, 0.3) is 5.69 Å². The largest absolute Gasteiger partial charge is 0.493 e. The maximum atomic E-state index is 12.5. The molecule has 0 radical (unpaired) electrons. The van der Waals surface area contributed by atoms with Gasteiger partial charge >= 0.3 is 0 Å². The molecule has 0 aliphatic rings. The number of amides is 1. The maximum Gasteiger partial charge on any atom is 0.253 e. The second kappa shape index (κ2) is 8.11. The summed E-state index contributed by atoms with van der Waals surface area (Å²) >= 11 is 0. The highest BCUT2D eigenvalue weighted by molar-refractivity contribution is 5.97. The first kappa shape index (κ1) is 17.4. The lowest BCUT2D eigenvalue weighted by molar-refractivity contribution is 0.0946. The van der Waals surface area contributed by atoms with Crippen LogP contribution in [0.3, 0.4) is 0 Å². The Labute approximate surface area is 150 Å². The molecule has 134 valence electrons. The lowest BCUT2D eigenvalue weighted by Crippen LogP contribution is -2.29. The Morgan fingerprint density at radius 3 is 2.58 bits per heavy atom. The molecule has 0 spiro atoms. The monoisotopic (exact) mass is 353 g/mol. The number of rotatable bonds is 7. The van der Waals surface area contributed by atoms with E-state index in [9.17, 15) is 4.79 Å². The first-order chi connectivity index (χ1) is 12.7. The summed E-state index contributed by atoms with van der Waals surface area (Å²) in [6.07, 6.45) is 0. The van der Waals surface area contributed by atoms with Gasteiger partial charge in [-0.05, 0) is 41.6 Å². The molecule has 0 saturated carbocycles. The average molecular weight is 353 g/mol. The minimum atomic E-state index is -0.223. The van der Waals surface area contributed by atoms with E-state index >= 15 is 0 Å². The molecule has 3 aromatic rings. The van der Waals surface area contributed by atoms with Crippen LogP contribution in [0.4, 0.5) is 0 Å². The minimum Gasteiger partial charge on any atom is -0.493 e. The number of carbonyl (C=O) groups is 1. The molecule has 1 amide bonds. The van der Waals surface area contributed by atoms with E-state index in [1.54, 1.807) is 32.2 Å². The van der Waals surface area contributed by atoms with E-state index in [2.05, 4.69) is 20.8 Å². The molecule has 0 aliphatic heterocycles. The second-order valence-corrected chi connectivity index (χ2v) is 5.41. The van der Waals surface area contributed by atoms with Crippen LogP contribution in [0.5, 0.6) is 11.5 Å². The van der Waals surface area contributed by atoms with Gasteiger partial charge in [0.25, 0.3) is 5.91 Å². The minimum absolute atomic E-state index is 0.223. The fourth-order valence-corrected chi connectivity index (χ4v) is 2.46. The van der Waals surface area contributed by atoms with E-state index in [0.29, 0.717) is 41.7 Å². The van der Waals surface area contributed by atoms with E-state index in [0.717, 1.165) is 0 Å². The van der Waals surface area contributed by atoms with Crippen molar-refractivity contribution in [2.45, 2.75) is 6.92 Å². The number of hydrogen-bond donors (Lipinski definition) is 1. The van der Waals surface area contributed by atoms with Crippen molar-refractivity contribution in [3.05, 3.63) is 59.9 Å². The zero-order chi connectivity index (χ0) is 18.4. The molecule has 0 saturated heterocycles. The zero-order valence-corrected chi connectivity index (χ0v) is 14.5. The summed E-state index contributed by atoms with van der Waals surface area (Å²) in [4.78, 5) is 12.5. The normalized spacial score (nSPS) is 10.4. The molecule has 0 bridgehead atoms. The fourth-order valence-electron chi connectivity index (χ4n) is 2.46. The van der Waals surface area contributed by atoms with Gasteiger partial charge in [0.15, 0.2) is 17.3 Å². The van der Waals surface area contributed by atoms with E-state index in [4.69, 9.17) is 9.47 Å². The first-order valence-electron chi connectivity index (χ1n) is 8.09. The van der Waals surface area contributed by atoms with Crippen molar-refractivity contribution in [2.24, 2.45) is 0 Å². The molecule has 8 heteroatoms. The molecule has 0 atom stereocenters. The third kappa shape index (κ3) is 3.80. The number of nitrogens with one attached hydrogen (secondary N) is 1. The number of nitrogens with zero attached hydrogens (tertiary/aromatic N) is 4. The van der Waals surface area contributed by atoms with Gasteiger partial charge in [-0.25, -0.2) is 0 Å². The Morgan fingerprint density at radius 2 is 1.85 bits per heavy atom.